The minimum absolute atomic E-state index is 0.0875. The topological polar surface area (TPSA) is 92.9 Å². The number of ether oxygens (including phenoxy) is 1. The van der Waals surface area contributed by atoms with Crippen molar-refractivity contribution in [1.82, 2.24) is 4.90 Å². The lowest BCUT2D eigenvalue weighted by atomic mass is 9.99. The summed E-state index contributed by atoms with van der Waals surface area (Å²) < 4.78 is 4.93. The Morgan fingerprint density at radius 3 is 2.24 bits per heavy atom. The van der Waals surface area contributed by atoms with Gasteiger partial charge >= 0.3 is 5.97 Å². The van der Waals surface area contributed by atoms with E-state index in [1.807, 2.05) is 13.8 Å². The van der Waals surface area contributed by atoms with E-state index in [1.165, 1.54) is 11.8 Å². The predicted octanol–water partition coefficient (Wildman–Crippen LogP) is 0.687. The van der Waals surface area contributed by atoms with Crippen molar-refractivity contribution in [1.29, 1.82) is 0 Å². The van der Waals surface area contributed by atoms with Gasteiger partial charge in [-0.05, 0) is 26.7 Å². The molecule has 122 valence electrons. The van der Waals surface area contributed by atoms with Crippen molar-refractivity contribution in [2.45, 2.75) is 52.8 Å². The van der Waals surface area contributed by atoms with Crippen LogP contribution >= 0.6 is 0 Å². The third-order valence-electron chi connectivity index (χ3n) is 3.30. The summed E-state index contributed by atoms with van der Waals surface area (Å²) in [5, 5.41) is 9.44. The van der Waals surface area contributed by atoms with Crippen molar-refractivity contribution in [3.05, 3.63) is 11.6 Å². The molecule has 6 heteroatoms. The predicted molar refractivity (Wildman–Crippen MR) is 81.4 cm³/mol. The molecule has 0 bridgehead atoms. The molecule has 0 fully saturated rings. The molecule has 0 saturated carbocycles. The number of nitrogens with two attached hydrogens (primary N) is 1. The molecular formula is C15H28N2O4. The number of carbonyl (C=O) groups excluding carboxylic acids is 2. The molecule has 0 aliphatic carbocycles. The second-order valence-electron chi connectivity index (χ2n) is 5.52. The Morgan fingerprint density at radius 2 is 1.86 bits per heavy atom. The second kappa shape index (κ2) is 8.79. The maximum absolute atomic E-state index is 12.2. The molecule has 0 rings (SSSR count). The molecule has 0 unspecified atom stereocenters. The normalized spacial score (nSPS) is 16.3. The Hall–Kier alpha value is -1.40. The zero-order valence-corrected chi connectivity index (χ0v) is 13.8. The number of esters is 1. The lowest BCUT2D eigenvalue weighted by Crippen LogP contribution is -2.51. The fourth-order valence-corrected chi connectivity index (χ4v) is 1.91. The average Bonchev–Trinajstić information content (AvgIpc) is 2.41. The van der Waals surface area contributed by atoms with Crippen LogP contribution < -0.4 is 5.73 Å². The number of amides is 1. The molecule has 1 amide bonds. The van der Waals surface area contributed by atoms with Gasteiger partial charge in [0.25, 0.3) is 0 Å². The lowest BCUT2D eigenvalue weighted by Gasteiger charge is -2.32. The maximum atomic E-state index is 12.2. The number of carbonyl (C=O) groups is 2. The summed E-state index contributed by atoms with van der Waals surface area (Å²) in [6.45, 7) is 9.05. The van der Waals surface area contributed by atoms with E-state index >= 15 is 0 Å². The Kier molecular flexibility index (Phi) is 8.21. The molecule has 0 saturated heterocycles. The summed E-state index contributed by atoms with van der Waals surface area (Å²) >= 11 is 0. The molecule has 0 aliphatic heterocycles. The van der Waals surface area contributed by atoms with Crippen molar-refractivity contribution in [2.24, 2.45) is 11.7 Å². The van der Waals surface area contributed by atoms with Crippen molar-refractivity contribution >= 4 is 11.9 Å². The van der Waals surface area contributed by atoms with Crippen molar-refractivity contribution < 1.29 is 19.4 Å². The van der Waals surface area contributed by atoms with Gasteiger partial charge in [0.15, 0.2) is 0 Å². The first-order valence-electron chi connectivity index (χ1n) is 7.19. The third-order valence-corrected chi connectivity index (χ3v) is 3.30. The molecule has 0 spiro atoms. The quantitative estimate of drug-likeness (QED) is 0.533. The summed E-state index contributed by atoms with van der Waals surface area (Å²) in [7, 11) is 1.62. The lowest BCUT2D eigenvalue weighted by molar-refractivity contribution is -0.139. The van der Waals surface area contributed by atoms with Crippen LogP contribution in [0.3, 0.4) is 0 Å². The molecule has 0 aliphatic rings. The van der Waals surface area contributed by atoms with Crippen LogP contribution in [-0.4, -0.2) is 53.7 Å². The standard InChI is InChI=1S/C15H28N2O4/c1-7-21-15(20)10(4)8-12(9(2)3)17(6)14(19)13(16)11(5)18/h8-9,11-13,18H,7,16H2,1-6H3/t11-,12+,13-/m0/s1. The van der Waals surface area contributed by atoms with Crippen molar-refractivity contribution in [2.75, 3.05) is 13.7 Å². The number of likely N-dealkylation sites (N-methyl/N-ethyl adjacent to an activating group) is 1. The fraction of sp³-hybridized carbons (Fsp3) is 0.733. The van der Waals surface area contributed by atoms with E-state index in [2.05, 4.69) is 0 Å². The number of hydrogen-bond acceptors (Lipinski definition) is 5. The monoisotopic (exact) mass is 300 g/mol. The Balaban J connectivity index is 5.19. The Morgan fingerprint density at radius 1 is 1.33 bits per heavy atom. The van der Waals surface area contributed by atoms with Gasteiger partial charge in [-0.3, -0.25) is 4.79 Å². The second-order valence-corrected chi connectivity index (χ2v) is 5.52. The van der Waals surface area contributed by atoms with Crippen LogP contribution in [0.5, 0.6) is 0 Å². The summed E-state index contributed by atoms with van der Waals surface area (Å²) in [6, 6.07) is -1.28. The highest BCUT2D eigenvalue weighted by Gasteiger charge is 2.28. The summed E-state index contributed by atoms with van der Waals surface area (Å²) in [5.74, 6) is -0.676. The van der Waals surface area contributed by atoms with Gasteiger partial charge in [-0.15, -0.1) is 0 Å². The van der Waals surface area contributed by atoms with Gasteiger partial charge < -0.3 is 20.5 Å². The molecule has 0 aromatic heterocycles. The first-order chi connectivity index (χ1) is 9.63. The molecule has 21 heavy (non-hydrogen) atoms. The van der Waals surface area contributed by atoms with Gasteiger partial charge in [0.05, 0.1) is 18.8 Å². The Labute approximate surface area is 126 Å². The zero-order valence-electron chi connectivity index (χ0n) is 13.8. The van der Waals surface area contributed by atoms with Crippen molar-refractivity contribution in [3.8, 4) is 0 Å². The first kappa shape index (κ1) is 19.6. The summed E-state index contributed by atoms with van der Waals surface area (Å²) in [6.07, 6.45) is 0.776. The van der Waals surface area contributed by atoms with E-state index in [9.17, 15) is 14.7 Å². The van der Waals surface area contributed by atoms with Gasteiger partial charge in [0.1, 0.15) is 6.04 Å². The fourth-order valence-electron chi connectivity index (χ4n) is 1.91. The number of aliphatic hydroxyl groups is 1. The van der Waals surface area contributed by atoms with E-state index in [0.717, 1.165) is 0 Å². The number of aliphatic hydroxyl groups excluding tert-OH is 1. The van der Waals surface area contributed by atoms with Crippen LogP contribution in [0.25, 0.3) is 0 Å². The van der Waals surface area contributed by atoms with E-state index < -0.39 is 18.1 Å². The van der Waals surface area contributed by atoms with Crippen LogP contribution in [0.4, 0.5) is 0 Å². The van der Waals surface area contributed by atoms with Gasteiger partial charge in [-0.25, -0.2) is 4.79 Å². The number of rotatable bonds is 7. The van der Waals surface area contributed by atoms with Gasteiger partial charge in [-0.1, -0.05) is 19.9 Å². The maximum Gasteiger partial charge on any atom is 0.333 e. The largest absolute Gasteiger partial charge is 0.463 e. The van der Waals surface area contributed by atoms with Crippen LogP contribution in [-0.2, 0) is 14.3 Å². The molecule has 0 aromatic rings. The van der Waals surface area contributed by atoms with Crippen LogP contribution in [0.1, 0.15) is 34.6 Å². The van der Waals surface area contributed by atoms with Crippen molar-refractivity contribution in [3.63, 3.8) is 0 Å². The van der Waals surface area contributed by atoms with E-state index in [4.69, 9.17) is 10.5 Å². The molecule has 3 N–H and O–H groups in total. The van der Waals surface area contributed by atoms with Crippen LogP contribution in [0.15, 0.2) is 11.6 Å². The highest BCUT2D eigenvalue weighted by Crippen LogP contribution is 2.15. The minimum atomic E-state index is -0.979. The molecule has 6 nitrogen and oxygen atoms in total. The third kappa shape index (κ3) is 5.85. The SMILES string of the molecule is CCOC(=O)C(C)=C[C@H](C(C)C)N(C)C(=O)[C@@H](N)[C@H](C)O. The molecule has 3 atom stereocenters. The van der Waals surface area contributed by atoms with Gasteiger partial charge in [0, 0.05) is 12.6 Å². The average molecular weight is 300 g/mol. The molecule has 0 heterocycles. The smallest absolute Gasteiger partial charge is 0.333 e. The Bertz CT molecular complexity index is 391. The summed E-state index contributed by atoms with van der Waals surface area (Å²) in [5.41, 5.74) is 6.13. The highest BCUT2D eigenvalue weighted by molar-refractivity contribution is 5.88. The number of hydrogen-bond donors (Lipinski definition) is 2. The van der Waals surface area contributed by atoms with Crippen LogP contribution in [0, 0.1) is 5.92 Å². The summed E-state index contributed by atoms with van der Waals surface area (Å²) in [4.78, 5) is 25.3. The molecule has 0 aromatic carbocycles. The van der Waals surface area contributed by atoms with E-state index in [-0.39, 0.29) is 17.9 Å². The van der Waals surface area contributed by atoms with E-state index in [1.54, 1.807) is 27.0 Å². The molecular weight excluding hydrogens is 272 g/mol. The zero-order chi connectivity index (χ0) is 16.7. The van der Waals surface area contributed by atoms with E-state index in [0.29, 0.717) is 12.2 Å². The first-order valence-corrected chi connectivity index (χ1v) is 7.19. The van der Waals surface area contributed by atoms with Gasteiger partial charge in [0.2, 0.25) is 5.91 Å². The van der Waals surface area contributed by atoms with Crippen LogP contribution in [0.2, 0.25) is 0 Å². The highest BCUT2D eigenvalue weighted by atomic mass is 16.5. The number of nitrogens with zero attached hydrogens (tertiary/aromatic N) is 1. The van der Waals surface area contributed by atoms with Gasteiger partial charge in [-0.2, -0.15) is 0 Å². The minimum Gasteiger partial charge on any atom is -0.463 e. The molecule has 0 radical (unpaired) electrons.